The van der Waals surface area contributed by atoms with Gasteiger partial charge in [0, 0.05) is 25.1 Å². The molecule has 1 aromatic heterocycles. The number of aryl methyl sites for hydroxylation is 1. The monoisotopic (exact) mass is 205 g/mol. The van der Waals surface area contributed by atoms with Gasteiger partial charge in [-0.1, -0.05) is 0 Å². The number of imidazole rings is 1. The molecule has 1 aromatic rings. The van der Waals surface area contributed by atoms with Crippen LogP contribution < -0.4 is 5.73 Å². The van der Waals surface area contributed by atoms with Crippen molar-refractivity contribution in [1.29, 1.82) is 0 Å². The third-order valence-corrected chi connectivity index (χ3v) is 3.68. The van der Waals surface area contributed by atoms with Crippen LogP contribution in [0.5, 0.6) is 0 Å². The fourth-order valence-corrected chi connectivity index (χ4v) is 2.58. The van der Waals surface area contributed by atoms with Crippen molar-refractivity contribution in [2.45, 2.75) is 44.6 Å². The largest absolute Gasteiger partial charge is 0.334 e. The average molecular weight is 205 g/mol. The summed E-state index contributed by atoms with van der Waals surface area (Å²) in [6.07, 6.45) is 8.58. The van der Waals surface area contributed by atoms with Gasteiger partial charge < -0.3 is 10.3 Å². The Morgan fingerprint density at radius 1 is 1.40 bits per heavy atom. The minimum Gasteiger partial charge on any atom is -0.334 e. The summed E-state index contributed by atoms with van der Waals surface area (Å²) in [5, 5.41) is 0. The Morgan fingerprint density at radius 2 is 2.27 bits per heavy atom. The molecular weight excluding hydrogens is 186 g/mol. The van der Waals surface area contributed by atoms with E-state index in [1.807, 2.05) is 0 Å². The molecule has 2 N–H and O–H groups in total. The molecule has 1 aliphatic heterocycles. The quantitative estimate of drug-likeness (QED) is 0.815. The van der Waals surface area contributed by atoms with Gasteiger partial charge in [-0.25, -0.2) is 4.98 Å². The lowest BCUT2D eigenvalue weighted by atomic mass is 9.96. The molecule has 3 rings (SSSR count). The SMILES string of the molecule is NCCC1CCc2nc(C3CC3)cn2C1. The molecule has 15 heavy (non-hydrogen) atoms. The van der Waals surface area contributed by atoms with Crippen molar-refractivity contribution in [1.82, 2.24) is 9.55 Å². The summed E-state index contributed by atoms with van der Waals surface area (Å²) in [4.78, 5) is 4.74. The Balaban J connectivity index is 1.76. The van der Waals surface area contributed by atoms with Crippen LogP contribution in [0.2, 0.25) is 0 Å². The normalized spacial score (nSPS) is 25.3. The molecule has 2 heterocycles. The number of nitrogens with zero attached hydrogens (tertiary/aromatic N) is 2. The van der Waals surface area contributed by atoms with E-state index in [9.17, 15) is 0 Å². The Labute approximate surface area is 90.7 Å². The van der Waals surface area contributed by atoms with Gasteiger partial charge in [0.2, 0.25) is 0 Å². The van der Waals surface area contributed by atoms with Gasteiger partial charge in [-0.15, -0.1) is 0 Å². The number of nitrogens with two attached hydrogens (primary N) is 1. The predicted octanol–water partition coefficient (Wildman–Crippen LogP) is 1.67. The number of aromatic nitrogens is 2. The Hall–Kier alpha value is -0.830. The van der Waals surface area contributed by atoms with Crippen LogP contribution in [0, 0.1) is 5.92 Å². The molecule has 1 atom stereocenters. The zero-order chi connectivity index (χ0) is 10.3. The van der Waals surface area contributed by atoms with Gasteiger partial charge in [-0.05, 0) is 38.1 Å². The molecular formula is C12H19N3. The highest BCUT2D eigenvalue weighted by atomic mass is 15.1. The molecule has 1 fully saturated rings. The number of fused-ring (bicyclic) bond motifs is 1. The highest BCUT2D eigenvalue weighted by Crippen LogP contribution is 2.40. The van der Waals surface area contributed by atoms with Crippen LogP contribution in [0.25, 0.3) is 0 Å². The van der Waals surface area contributed by atoms with Crippen LogP contribution in [0.4, 0.5) is 0 Å². The van der Waals surface area contributed by atoms with E-state index in [4.69, 9.17) is 10.7 Å². The van der Waals surface area contributed by atoms with Crippen LogP contribution in [0.15, 0.2) is 6.20 Å². The summed E-state index contributed by atoms with van der Waals surface area (Å²) in [5.41, 5.74) is 6.96. The lowest BCUT2D eigenvalue weighted by Crippen LogP contribution is -2.22. The van der Waals surface area contributed by atoms with E-state index in [2.05, 4.69) is 10.8 Å². The van der Waals surface area contributed by atoms with Crippen molar-refractivity contribution in [3.05, 3.63) is 17.7 Å². The molecule has 0 bridgehead atoms. The smallest absolute Gasteiger partial charge is 0.108 e. The van der Waals surface area contributed by atoms with Gasteiger partial charge >= 0.3 is 0 Å². The summed E-state index contributed by atoms with van der Waals surface area (Å²) in [5.74, 6) is 2.88. The van der Waals surface area contributed by atoms with Gasteiger partial charge in [-0.3, -0.25) is 0 Å². The molecule has 0 saturated heterocycles. The Morgan fingerprint density at radius 3 is 3.00 bits per heavy atom. The van der Waals surface area contributed by atoms with Gasteiger partial charge in [0.15, 0.2) is 0 Å². The van der Waals surface area contributed by atoms with Crippen molar-refractivity contribution in [3.8, 4) is 0 Å². The lowest BCUT2D eigenvalue weighted by molar-refractivity contribution is 0.349. The second-order valence-electron chi connectivity index (χ2n) is 4.99. The fraction of sp³-hybridized carbons (Fsp3) is 0.750. The standard InChI is InChI=1S/C12H19N3/c13-6-5-9-1-4-12-14-11(10-2-3-10)8-15(12)7-9/h8-10H,1-7,13H2. The van der Waals surface area contributed by atoms with E-state index >= 15 is 0 Å². The number of rotatable bonds is 3. The first kappa shape index (κ1) is 9.40. The van der Waals surface area contributed by atoms with Crippen molar-refractivity contribution >= 4 is 0 Å². The molecule has 1 unspecified atom stereocenters. The van der Waals surface area contributed by atoms with Gasteiger partial charge in [0.05, 0.1) is 5.69 Å². The van der Waals surface area contributed by atoms with Crippen molar-refractivity contribution in [2.75, 3.05) is 6.54 Å². The topological polar surface area (TPSA) is 43.8 Å². The maximum Gasteiger partial charge on any atom is 0.108 e. The first-order valence-electron chi connectivity index (χ1n) is 6.13. The van der Waals surface area contributed by atoms with E-state index < -0.39 is 0 Å². The lowest BCUT2D eigenvalue weighted by Gasteiger charge is -2.22. The van der Waals surface area contributed by atoms with Crippen LogP contribution in [-0.4, -0.2) is 16.1 Å². The van der Waals surface area contributed by atoms with E-state index in [1.54, 1.807) is 0 Å². The zero-order valence-electron chi connectivity index (χ0n) is 9.15. The van der Waals surface area contributed by atoms with Crippen molar-refractivity contribution in [2.24, 2.45) is 11.7 Å². The number of hydrogen-bond donors (Lipinski definition) is 1. The molecule has 1 aliphatic carbocycles. The molecule has 0 amide bonds. The van der Waals surface area contributed by atoms with E-state index in [0.29, 0.717) is 0 Å². The average Bonchev–Trinajstić information content (AvgIpc) is 2.99. The molecule has 3 nitrogen and oxygen atoms in total. The molecule has 2 aliphatic rings. The van der Waals surface area contributed by atoms with E-state index in [-0.39, 0.29) is 0 Å². The molecule has 82 valence electrons. The second-order valence-corrected chi connectivity index (χ2v) is 4.99. The van der Waals surface area contributed by atoms with Crippen LogP contribution in [-0.2, 0) is 13.0 Å². The van der Waals surface area contributed by atoms with E-state index in [1.165, 1.54) is 30.8 Å². The molecule has 0 spiro atoms. The highest BCUT2D eigenvalue weighted by Gasteiger charge is 2.28. The van der Waals surface area contributed by atoms with Crippen molar-refractivity contribution in [3.63, 3.8) is 0 Å². The van der Waals surface area contributed by atoms with Crippen molar-refractivity contribution < 1.29 is 0 Å². The minimum atomic E-state index is 0.781. The molecule has 0 radical (unpaired) electrons. The summed E-state index contributed by atoms with van der Waals surface area (Å²) in [6.45, 7) is 1.97. The predicted molar refractivity (Wildman–Crippen MR) is 59.7 cm³/mol. The summed E-state index contributed by atoms with van der Waals surface area (Å²) < 4.78 is 2.37. The van der Waals surface area contributed by atoms with Crippen LogP contribution >= 0.6 is 0 Å². The third kappa shape index (κ3) is 1.81. The molecule has 0 aromatic carbocycles. The van der Waals surface area contributed by atoms with Crippen LogP contribution in [0.1, 0.15) is 43.1 Å². The first-order valence-corrected chi connectivity index (χ1v) is 6.13. The van der Waals surface area contributed by atoms with Gasteiger partial charge in [-0.2, -0.15) is 0 Å². The van der Waals surface area contributed by atoms with Crippen LogP contribution in [0.3, 0.4) is 0 Å². The molecule has 1 saturated carbocycles. The summed E-state index contributed by atoms with van der Waals surface area (Å²) in [6, 6.07) is 0. The maximum atomic E-state index is 5.62. The maximum absolute atomic E-state index is 5.62. The summed E-state index contributed by atoms with van der Waals surface area (Å²) >= 11 is 0. The first-order chi connectivity index (χ1) is 7.36. The zero-order valence-corrected chi connectivity index (χ0v) is 9.15. The second kappa shape index (κ2) is 3.63. The van der Waals surface area contributed by atoms with Gasteiger partial charge in [0.25, 0.3) is 0 Å². The number of hydrogen-bond acceptors (Lipinski definition) is 2. The van der Waals surface area contributed by atoms with Gasteiger partial charge in [0.1, 0.15) is 5.82 Å². The minimum absolute atomic E-state index is 0.781. The summed E-state index contributed by atoms with van der Waals surface area (Å²) in [7, 11) is 0. The third-order valence-electron chi connectivity index (χ3n) is 3.68. The fourth-order valence-electron chi connectivity index (χ4n) is 2.58. The molecule has 3 heteroatoms. The Bertz CT molecular complexity index is 352. The Kier molecular flexibility index (Phi) is 2.28. The van der Waals surface area contributed by atoms with E-state index in [0.717, 1.165) is 37.8 Å². The highest BCUT2D eigenvalue weighted by molar-refractivity contribution is 5.16.